The molecule has 1 aromatic carbocycles. The van der Waals surface area contributed by atoms with Crippen molar-refractivity contribution in [1.29, 1.82) is 0 Å². The Balaban J connectivity index is 1.90. The Bertz CT molecular complexity index is 869. The molecule has 0 fully saturated rings. The molecule has 0 aliphatic heterocycles. The Morgan fingerprint density at radius 2 is 1.89 bits per heavy atom. The van der Waals surface area contributed by atoms with Crippen molar-refractivity contribution in [3.63, 3.8) is 0 Å². The number of anilines is 1. The second-order valence-electron chi connectivity index (χ2n) is 7.03. The predicted octanol–water partition coefficient (Wildman–Crippen LogP) is 4.02. The summed E-state index contributed by atoms with van der Waals surface area (Å²) in [5.41, 5.74) is 7.51. The maximum absolute atomic E-state index is 12.8. The first-order valence-electron chi connectivity index (χ1n) is 9.45. The van der Waals surface area contributed by atoms with Crippen LogP contribution >= 0.6 is 11.3 Å². The number of rotatable bonds is 7. The van der Waals surface area contributed by atoms with E-state index < -0.39 is 5.91 Å². The van der Waals surface area contributed by atoms with E-state index in [-0.39, 0.29) is 5.91 Å². The summed E-state index contributed by atoms with van der Waals surface area (Å²) in [6.07, 6.45) is 5.15. The number of nitrogens with one attached hydrogen (secondary N) is 1. The van der Waals surface area contributed by atoms with Gasteiger partial charge < -0.3 is 20.5 Å². The topological polar surface area (TPSA) is 90.7 Å². The number of hydrogen-bond acceptors (Lipinski definition) is 5. The zero-order chi connectivity index (χ0) is 20.3. The average molecular weight is 403 g/mol. The van der Waals surface area contributed by atoms with Crippen molar-refractivity contribution in [3.8, 4) is 11.5 Å². The Morgan fingerprint density at radius 3 is 2.46 bits per heavy atom. The van der Waals surface area contributed by atoms with E-state index in [1.165, 1.54) is 32.0 Å². The van der Waals surface area contributed by atoms with Gasteiger partial charge in [-0.1, -0.05) is 19.8 Å². The number of carbonyl (C=O) groups excluding carboxylic acids is 2. The molecule has 2 amide bonds. The van der Waals surface area contributed by atoms with Crippen LogP contribution in [-0.4, -0.2) is 26.0 Å². The molecular formula is C21H26N2O4S. The minimum Gasteiger partial charge on any atom is -0.497 e. The normalized spacial score (nSPS) is 15.6. The predicted molar refractivity (Wildman–Crippen MR) is 111 cm³/mol. The van der Waals surface area contributed by atoms with Gasteiger partial charge in [0, 0.05) is 16.5 Å². The fourth-order valence-corrected chi connectivity index (χ4v) is 5.13. The highest BCUT2D eigenvalue weighted by atomic mass is 32.1. The van der Waals surface area contributed by atoms with Crippen LogP contribution in [-0.2, 0) is 12.8 Å². The van der Waals surface area contributed by atoms with Crippen molar-refractivity contribution in [3.05, 3.63) is 39.8 Å². The molecule has 0 unspecified atom stereocenters. The minimum atomic E-state index is -0.495. The van der Waals surface area contributed by atoms with Crippen LogP contribution in [0.5, 0.6) is 11.5 Å². The highest BCUT2D eigenvalue weighted by Crippen LogP contribution is 2.40. The molecule has 28 heavy (non-hydrogen) atoms. The molecule has 0 saturated heterocycles. The summed E-state index contributed by atoms with van der Waals surface area (Å²) in [5, 5.41) is 3.41. The standard InChI is InChI=1S/C21H26N2O4S/c1-4-5-12-6-7-16-17(8-12)28-21(18(16)19(22)24)23-20(25)13-9-14(26-2)11-15(10-13)27-3/h9-12H,4-8H2,1-3H3,(H2,22,24)(H,23,25)/t12-/m0/s1. The first-order valence-corrected chi connectivity index (χ1v) is 10.3. The quantitative estimate of drug-likeness (QED) is 0.732. The summed E-state index contributed by atoms with van der Waals surface area (Å²) >= 11 is 1.47. The number of primary amides is 1. The fraction of sp³-hybridized carbons (Fsp3) is 0.429. The van der Waals surface area contributed by atoms with E-state index in [9.17, 15) is 9.59 Å². The monoisotopic (exact) mass is 402 g/mol. The van der Waals surface area contributed by atoms with Gasteiger partial charge in [0.05, 0.1) is 19.8 Å². The number of fused-ring (bicyclic) bond motifs is 1. The maximum atomic E-state index is 12.8. The molecule has 6 nitrogen and oxygen atoms in total. The second kappa shape index (κ2) is 8.65. The summed E-state index contributed by atoms with van der Waals surface area (Å²) in [4.78, 5) is 26.1. The Kier molecular flexibility index (Phi) is 6.24. The van der Waals surface area contributed by atoms with Crippen LogP contribution in [0.1, 0.15) is 57.3 Å². The molecule has 1 aromatic heterocycles. The Morgan fingerprint density at radius 1 is 1.21 bits per heavy atom. The van der Waals surface area contributed by atoms with E-state index in [0.717, 1.165) is 36.1 Å². The van der Waals surface area contributed by atoms with Crippen LogP contribution in [0.2, 0.25) is 0 Å². The smallest absolute Gasteiger partial charge is 0.256 e. The van der Waals surface area contributed by atoms with Crippen LogP contribution in [0.4, 0.5) is 5.00 Å². The third-order valence-corrected chi connectivity index (χ3v) is 6.32. The first-order chi connectivity index (χ1) is 13.5. The third-order valence-electron chi connectivity index (χ3n) is 5.15. The molecule has 0 saturated carbocycles. The van der Waals surface area contributed by atoms with Gasteiger partial charge in [0.15, 0.2) is 0 Å². The first kappa shape index (κ1) is 20.2. The molecule has 0 spiro atoms. The minimum absolute atomic E-state index is 0.330. The van der Waals surface area contributed by atoms with E-state index in [1.54, 1.807) is 18.2 Å². The number of hydrogen-bond donors (Lipinski definition) is 2. The van der Waals surface area contributed by atoms with Crippen LogP contribution in [0.3, 0.4) is 0 Å². The van der Waals surface area contributed by atoms with E-state index in [0.29, 0.717) is 33.5 Å². The van der Waals surface area contributed by atoms with Gasteiger partial charge in [-0.05, 0) is 42.9 Å². The van der Waals surface area contributed by atoms with E-state index >= 15 is 0 Å². The Hall–Kier alpha value is -2.54. The fourth-order valence-electron chi connectivity index (χ4n) is 3.77. The molecular weight excluding hydrogens is 376 g/mol. The lowest BCUT2D eigenvalue weighted by atomic mass is 9.84. The Labute approximate surface area is 169 Å². The van der Waals surface area contributed by atoms with Crippen LogP contribution in [0.15, 0.2) is 18.2 Å². The lowest BCUT2D eigenvalue weighted by molar-refractivity contribution is 0.1000. The van der Waals surface area contributed by atoms with Crippen molar-refractivity contribution in [2.24, 2.45) is 11.7 Å². The molecule has 150 valence electrons. The molecule has 0 radical (unpaired) electrons. The summed E-state index contributed by atoms with van der Waals surface area (Å²) in [5.74, 6) is 0.844. The number of benzene rings is 1. The van der Waals surface area contributed by atoms with Gasteiger partial charge in [0.1, 0.15) is 16.5 Å². The van der Waals surface area contributed by atoms with Crippen molar-refractivity contribution in [2.75, 3.05) is 19.5 Å². The molecule has 1 aliphatic carbocycles. The van der Waals surface area contributed by atoms with Crippen molar-refractivity contribution in [2.45, 2.75) is 39.0 Å². The molecule has 3 N–H and O–H groups in total. The zero-order valence-corrected chi connectivity index (χ0v) is 17.3. The van der Waals surface area contributed by atoms with E-state index in [4.69, 9.17) is 15.2 Å². The largest absolute Gasteiger partial charge is 0.497 e. The maximum Gasteiger partial charge on any atom is 0.256 e. The van der Waals surface area contributed by atoms with Gasteiger partial charge in [-0.15, -0.1) is 11.3 Å². The lowest BCUT2D eigenvalue weighted by Crippen LogP contribution is -2.20. The van der Waals surface area contributed by atoms with Crippen LogP contribution in [0.25, 0.3) is 0 Å². The number of amides is 2. The number of carbonyl (C=O) groups is 2. The molecule has 1 atom stereocenters. The van der Waals surface area contributed by atoms with Gasteiger partial charge in [-0.2, -0.15) is 0 Å². The van der Waals surface area contributed by atoms with Crippen molar-refractivity contribution < 1.29 is 19.1 Å². The zero-order valence-electron chi connectivity index (χ0n) is 16.5. The average Bonchev–Trinajstić information content (AvgIpc) is 3.04. The number of methoxy groups -OCH3 is 2. The summed E-state index contributed by atoms with van der Waals surface area (Å²) < 4.78 is 10.5. The van der Waals surface area contributed by atoms with E-state index in [1.807, 2.05) is 0 Å². The SMILES string of the molecule is CCC[C@H]1CCc2c(sc(NC(=O)c3cc(OC)cc(OC)c3)c2C(N)=O)C1. The van der Waals surface area contributed by atoms with Gasteiger partial charge in [-0.3, -0.25) is 9.59 Å². The lowest BCUT2D eigenvalue weighted by Gasteiger charge is -2.21. The highest BCUT2D eigenvalue weighted by Gasteiger charge is 2.28. The second-order valence-corrected chi connectivity index (χ2v) is 8.13. The van der Waals surface area contributed by atoms with Crippen LogP contribution < -0.4 is 20.5 Å². The number of thiophene rings is 1. The summed E-state index contributed by atoms with van der Waals surface area (Å²) in [7, 11) is 3.06. The summed E-state index contributed by atoms with van der Waals surface area (Å²) in [6, 6.07) is 4.96. The third kappa shape index (κ3) is 4.14. The van der Waals surface area contributed by atoms with Gasteiger partial charge >= 0.3 is 0 Å². The summed E-state index contributed by atoms with van der Waals surface area (Å²) in [6.45, 7) is 2.19. The molecule has 2 aromatic rings. The van der Waals surface area contributed by atoms with Crippen LogP contribution in [0, 0.1) is 5.92 Å². The molecule has 1 aliphatic rings. The number of nitrogens with two attached hydrogens (primary N) is 1. The van der Waals surface area contributed by atoms with Crippen molar-refractivity contribution >= 4 is 28.2 Å². The van der Waals surface area contributed by atoms with Gasteiger partial charge in [0.25, 0.3) is 11.8 Å². The molecule has 3 rings (SSSR count). The van der Waals surface area contributed by atoms with E-state index in [2.05, 4.69) is 12.2 Å². The molecule has 1 heterocycles. The van der Waals surface area contributed by atoms with Gasteiger partial charge in [-0.25, -0.2) is 0 Å². The number of ether oxygens (including phenoxy) is 2. The van der Waals surface area contributed by atoms with Gasteiger partial charge in [0.2, 0.25) is 0 Å². The van der Waals surface area contributed by atoms with Crippen molar-refractivity contribution in [1.82, 2.24) is 0 Å². The molecule has 0 bridgehead atoms. The molecule has 7 heteroatoms. The highest BCUT2D eigenvalue weighted by molar-refractivity contribution is 7.17.